The Kier molecular flexibility index (Phi) is 6.16. The molecule has 8 heteroatoms. The molecule has 0 fully saturated rings. The second kappa shape index (κ2) is 8.58. The standard InChI is InChI=1S/C20H14ClF3N2OS/c21-17-8-7-15(20(22,23)24)11-14(17)6-9-18(27)26-19-25-12-16(28-19)10-13-4-2-1-3-5-13/h1-9,11-12H,10H2,(H,25,26,27)/b9-6+. The van der Waals surface area contributed by atoms with Gasteiger partial charge in [0.15, 0.2) is 5.13 Å². The van der Waals surface area contributed by atoms with Crippen LogP contribution in [0, 0.1) is 0 Å². The molecule has 1 amide bonds. The first-order chi connectivity index (χ1) is 13.3. The number of hydrogen-bond acceptors (Lipinski definition) is 3. The molecular weight excluding hydrogens is 409 g/mol. The zero-order valence-electron chi connectivity index (χ0n) is 14.3. The third kappa shape index (κ3) is 5.43. The number of aromatic nitrogens is 1. The van der Waals surface area contributed by atoms with E-state index in [1.54, 1.807) is 6.20 Å². The van der Waals surface area contributed by atoms with Gasteiger partial charge in [0.1, 0.15) is 0 Å². The summed E-state index contributed by atoms with van der Waals surface area (Å²) >= 11 is 7.24. The fraction of sp³-hybridized carbons (Fsp3) is 0.100. The van der Waals surface area contributed by atoms with Crippen molar-refractivity contribution in [3.63, 3.8) is 0 Å². The van der Waals surface area contributed by atoms with Gasteiger partial charge in [-0.1, -0.05) is 41.9 Å². The summed E-state index contributed by atoms with van der Waals surface area (Å²) in [7, 11) is 0. The van der Waals surface area contributed by atoms with Gasteiger partial charge in [0.25, 0.3) is 0 Å². The number of hydrogen-bond donors (Lipinski definition) is 1. The highest BCUT2D eigenvalue weighted by atomic mass is 35.5. The summed E-state index contributed by atoms with van der Waals surface area (Å²) in [5, 5.41) is 3.13. The van der Waals surface area contributed by atoms with Crippen LogP contribution < -0.4 is 5.32 Å². The Morgan fingerprint density at radius 3 is 2.64 bits per heavy atom. The summed E-state index contributed by atoms with van der Waals surface area (Å²) in [6.07, 6.45) is 0.265. The van der Waals surface area contributed by atoms with Crippen molar-refractivity contribution in [2.75, 3.05) is 5.32 Å². The molecule has 0 aliphatic carbocycles. The van der Waals surface area contributed by atoms with Gasteiger partial charge in [0.05, 0.1) is 5.56 Å². The predicted octanol–water partition coefficient (Wildman–Crippen LogP) is 6.06. The van der Waals surface area contributed by atoms with Gasteiger partial charge >= 0.3 is 6.18 Å². The zero-order chi connectivity index (χ0) is 20.1. The number of benzene rings is 2. The number of carbonyl (C=O) groups is 1. The Labute approximate surface area is 168 Å². The van der Waals surface area contributed by atoms with Gasteiger partial charge in [-0.2, -0.15) is 13.2 Å². The molecule has 0 bridgehead atoms. The average Bonchev–Trinajstić information content (AvgIpc) is 3.07. The number of nitrogens with one attached hydrogen (secondary N) is 1. The van der Waals surface area contributed by atoms with Gasteiger partial charge in [0.2, 0.25) is 5.91 Å². The van der Waals surface area contributed by atoms with Crippen LogP contribution in [0.3, 0.4) is 0 Å². The van der Waals surface area contributed by atoms with Crippen LogP contribution in [-0.4, -0.2) is 10.9 Å². The molecule has 1 N–H and O–H groups in total. The van der Waals surface area contributed by atoms with Crippen LogP contribution in [-0.2, 0) is 17.4 Å². The molecule has 3 nitrogen and oxygen atoms in total. The van der Waals surface area contributed by atoms with E-state index < -0.39 is 17.6 Å². The topological polar surface area (TPSA) is 42.0 Å². The summed E-state index contributed by atoms with van der Waals surface area (Å²) in [6.45, 7) is 0. The lowest BCUT2D eigenvalue weighted by molar-refractivity contribution is -0.137. The Morgan fingerprint density at radius 2 is 1.93 bits per heavy atom. The largest absolute Gasteiger partial charge is 0.416 e. The maximum absolute atomic E-state index is 12.8. The van der Waals surface area contributed by atoms with Crippen molar-refractivity contribution in [1.29, 1.82) is 0 Å². The molecule has 0 radical (unpaired) electrons. The minimum Gasteiger partial charge on any atom is -0.298 e. The number of alkyl halides is 3. The number of halogens is 4. The highest BCUT2D eigenvalue weighted by molar-refractivity contribution is 7.15. The molecule has 0 spiro atoms. The lowest BCUT2D eigenvalue weighted by Gasteiger charge is -2.08. The van der Waals surface area contributed by atoms with Gasteiger partial charge in [-0.25, -0.2) is 4.98 Å². The van der Waals surface area contributed by atoms with Crippen molar-refractivity contribution >= 4 is 40.1 Å². The fourth-order valence-corrected chi connectivity index (χ4v) is 3.43. The molecule has 0 atom stereocenters. The van der Waals surface area contributed by atoms with E-state index in [1.807, 2.05) is 30.3 Å². The Bertz CT molecular complexity index is 1000. The maximum Gasteiger partial charge on any atom is 0.416 e. The van der Waals surface area contributed by atoms with Crippen LogP contribution in [0.2, 0.25) is 5.02 Å². The van der Waals surface area contributed by atoms with E-state index in [9.17, 15) is 18.0 Å². The number of nitrogens with zero attached hydrogens (tertiary/aromatic N) is 1. The smallest absolute Gasteiger partial charge is 0.298 e. The number of anilines is 1. The molecule has 28 heavy (non-hydrogen) atoms. The van der Waals surface area contributed by atoms with Crippen LogP contribution in [0.5, 0.6) is 0 Å². The molecule has 3 aromatic rings. The second-order valence-corrected chi connectivity index (χ2v) is 7.37. The Morgan fingerprint density at radius 1 is 1.18 bits per heavy atom. The van der Waals surface area contributed by atoms with Gasteiger partial charge in [0, 0.05) is 28.6 Å². The van der Waals surface area contributed by atoms with Gasteiger partial charge in [-0.05, 0) is 35.4 Å². The molecule has 0 unspecified atom stereocenters. The van der Waals surface area contributed by atoms with Crippen molar-refractivity contribution < 1.29 is 18.0 Å². The first kappa shape index (κ1) is 20.1. The normalized spacial score (nSPS) is 11.7. The molecule has 144 valence electrons. The molecule has 0 saturated heterocycles. The number of thiazole rings is 1. The predicted molar refractivity (Wildman–Crippen MR) is 105 cm³/mol. The maximum atomic E-state index is 12.8. The van der Waals surface area contributed by atoms with Crippen molar-refractivity contribution in [2.45, 2.75) is 12.6 Å². The van der Waals surface area contributed by atoms with Crippen molar-refractivity contribution in [2.24, 2.45) is 0 Å². The highest BCUT2D eigenvalue weighted by Crippen LogP contribution is 2.32. The molecule has 2 aromatic carbocycles. The summed E-state index contributed by atoms with van der Waals surface area (Å²) in [4.78, 5) is 17.2. The second-order valence-electron chi connectivity index (χ2n) is 5.85. The summed E-state index contributed by atoms with van der Waals surface area (Å²) in [5.41, 5.74) is 0.404. The van der Waals surface area contributed by atoms with Gasteiger partial charge in [-0.15, -0.1) is 11.3 Å². The monoisotopic (exact) mass is 422 g/mol. The molecule has 0 aliphatic heterocycles. The lowest BCUT2D eigenvalue weighted by atomic mass is 10.1. The van der Waals surface area contributed by atoms with Crippen LogP contribution >= 0.6 is 22.9 Å². The summed E-state index contributed by atoms with van der Waals surface area (Å²) < 4.78 is 38.4. The molecule has 0 saturated carbocycles. The van der Waals surface area contributed by atoms with Gasteiger partial charge < -0.3 is 0 Å². The van der Waals surface area contributed by atoms with E-state index in [-0.39, 0.29) is 10.6 Å². The van der Waals surface area contributed by atoms with E-state index in [4.69, 9.17) is 11.6 Å². The highest BCUT2D eigenvalue weighted by Gasteiger charge is 2.30. The Hall–Kier alpha value is -2.64. The third-order valence-electron chi connectivity index (χ3n) is 3.74. The summed E-state index contributed by atoms with van der Waals surface area (Å²) in [6, 6.07) is 12.8. The molecule has 0 aliphatic rings. The van der Waals surface area contributed by atoms with Crippen molar-refractivity contribution in [3.8, 4) is 0 Å². The van der Waals surface area contributed by atoms with E-state index in [1.165, 1.54) is 17.4 Å². The third-order valence-corrected chi connectivity index (χ3v) is 5.00. The minimum absolute atomic E-state index is 0.107. The van der Waals surface area contributed by atoms with E-state index in [0.717, 1.165) is 34.7 Å². The Balaban J connectivity index is 1.65. The van der Waals surface area contributed by atoms with E-state index in [0.29, 0.717) is 11.6 Å². The molecule has 3 rings (SSSR count). The fourth-order valence-electron chi connectivity index (χ4n) is 2.40. The van der Waals surface area contributed by atoms with Gasteiger partial charge in [-0.3, -0.25) is 10.1 Å². The number of carbonyl (C=O) groups excluding carboxylic acids is 1. The zero-order valence-corrected chi connectivity index (χ0v) is 15.9. The molecule has 1 heterocycles. The minimum atomic E-state index is -4.48. The van der Waals surface area contributed by atoms with Crippen molar-refractivity contribution in [3.05, 3.63) is 87.4 Å². The SMILES string of the molecule is O=C(/C=C/c1cc(C(F)(F)F)ccc1Cl)Nc1ncc(Cc2ccccc2)s1. The molecular formula is C20H14ClF3N2OS. The molecule has 1 aromatic heterocycles. The van der Waals surface area contributed by atoms with Crippen LogP contribution in [0.25, 0.3) is 6.08 Å². The van der Waals surface area contributed by atoms with Crippen LogP contribution in [0.1, 0.15) is 21.6 Å². The van der Waals surface area contributed by atoms with Crippen molar-refractivity contribution in [1.82, 2.24) is 4.98 Å². The average molecular weight is 423 g/mol. The van der Waals surface area contributed by atoms with Crippen LogP contribution in [0.15, 0.2) is 60.8 Å². The van der Waals surface area contributed by atoms with E-state index >= 15 is 0 Å². The van der Waals surface area contributed by atoms with Crippen LogP contribution in [0.4, 0.5) is 18.3 Å². The number of amides is 1. The lowest BCUT2D eigenvalue weighted by Crippen LogP contribution is -2.07. The number of rotatable bonds is 5. The first-order valence-corrected chi connectivity index (χ1v) is 9.35. The van der Waals surface area contributed by atoms with E-state index in [2.05, 4.69) is 10.3 Å². The quantitative estimate of drug-likeness (QED) is 0.508. The summed E-state index contributed by atoms with van der Waals surface area (Å²) in [5.74, 6) is -0.505. The first-order valence-electron chi connectivity index (χ1n) is 8.16.